The number of rotatable bonds is 3. The molecule has 1 amide bonds. The van der Waals surface area contributed by atoms with E-state index < -0.39 is 10.0 Å². The van der Waals surface area contributed by atoms with Crippen LogP contribution in [0.3, 0.4) is 0 Å². The maximum atomic E-state index is 12.8. The average molecular weight is 350 g/mol. The maximum absolute atomic E-state index is 12.8. The van der Waals surface area contributed by atoms with Crippen LogP contribution in [0.25, 0.3) is 0 Å². The summed E-state index contributed by atoms with van der Waals surface area (Å²) in [6.45, 7) is 4.43. The van der Waals surface area contributed by atoms with Gasteiger partial charge in [0.15, 0.2) is 0 Å². The van der Waals surface area contributed by atoms with E-state index in [-0.39, 0.29) is 29.6 Å². The Balaban J connectivity index is 1.72. The zero-order chi connectivity index (χ0) is 17.3. The predicted octanol–water partition coefficient (Wildman–Crippen LogP) is -0.0368. The Labute approximate surface area is 139 Å². The molecule has 0 unspecified atom stereocenters. The lowest BCUT2D eigenvalue weighted by Crippen LogP contribution is -2.50. The van der Waals surface area contributed by atoms with Crippen molar-refractivity contribution in [3.05, 3.63) is 35.7 Å². The van der Waals surface area contributed by atoms with Gasteiger partial charge in [0, 0.05) is 38.6 Å². The smallest absolute Gasteiger partial charge is 0.274 e. The summed E-state index contributed by atoms with van der Waals surface area (Å²) in [5.41, 5.74) is 1.23. The summed E-state index contributed by atoms with van der Waals surface area (Å²) in [5, 5.41) is 6.64. The molecule has 0 saturated carbocycles. The molecule has 10 heteroatoms. The Morgan fingerprint density at radius 1 is 1.17 bits per heavy atom. The van der Waals surface area contributed by atoms with Crippen molar-refractivity contribution in [2.75, 3.05) is 26.2 Å². The molecule has 0 radical (unpaired) electrons. The topological polar surface area (TPSA) is 112 Å². The summed E-state index contributed by atoms with van der Waals surface area (Å²) in [6.07, 6.45) is 4.36. The highest BCUT2D eigenvalue weighted by atomic mass is 32.2. The van der Waals surface area contributed by atoms with Crippen molar-refractivity contribution in [2.45, 2.75) is 18.7 Å². The molecule has 128 valence electrons. The molecule has 2 aromatic rings. The van der Waals surface area contributed by atoms with Crippen molar-refractivity contribution >= 4 is 15.9 Å². The van der Waals surface area contributed by atoms with E-state index in [0.717, 1.165) is 0 Å². The molecule has 0 aliphatic carbocycles. The van der Waals surface area contributed by atoms with E-state index in [1.807, 2.05) is 0 Å². The number of aromatic nitrogens is 4. The minimum Gasteiger partial charge on any atom is -0.335 e. The molecule has 9 nitrogen and oxygen atoms in total. The zero-order valence-electron chi connectivity index (χ0n) is 13.4. The number of carbonyl (C=O) groups is 1. The Morgan fingerprint density at radius 3 is 2.42 bits per heavy atom. The Bertz CT molecular complexity index is 821. The third kappa shape index (κ3) is 2.89. The second kappa shape index (κ2) is 6.29. The number of sulfonamides is 1. The fraction of sp³-hybridized carbons (Fsp3) is 0.429. The van der Waals surface area contributed by atoms with Crippen LogP contribution >= 0.6 is 0 Å². The van der Waals surface area contributed by atoms with Crippen molar-refractivity contribution in [3.63, 3.8) is 0 Å². The number of carbonyl (C=O) groups excluding carboxylic acids is 1. The fourth-order valence-corrected chi connectivity index (χ4v) is 4.51. The molecule has 1 fully saturated rings. The van der Waals surface area contributed by atoms with Gasteiger partial charge >= 0.3 is 0 Å². The second-order valence-electron chi connectivity index (χ2n) is 5.55. The minimum atomic E-state index is -3.62. The molecule has 24 heavy (non-hydrogen) atoms. The van der Waals surface area contributed by atoms with Crippen molar-refractivity contribution in [1.29, 1.82) is 0 Å². The summed E-state index contributed by atoms with van der Waals surface area (Å²) >= 11 is 0. The summed E-state index contributed by atoms with van der Waals surface area (Å²) in [6, 6.07) is 0. The second-order valence-corrected chi connectivity index (χ2v) is 7.42. The predicted molar refractivity (Wildman–Crippen MR) is 84.8 cm³/mol. The molecule has 0 bridgehead atoms. The highest BCUT2D eigenvalue weighted by Gasteiger charge is 2.33. The number of aryl methyl sites for hydroxylation is 2. The molecule has 0 aromatic carbocycles. The van der Waals surface area contributed by atoms with E-state index in [0.29, 0.717) is 24.5 Å². The van der Waals surface area contributed by atoms with Crippen molar-refractivity contribution < 1.29 is 13.2 Å². The van der Waals surface area contributed by atoms with Gasteiger partial charge in [-0.25, -0.2) is 13.4 Å². The van der Waals surface area contributed by atoms with Crippen LogP contribution in [0.15, 0.2) is 23.5 Å². The Morgan fingerprint density at radius 2 is 1.88 bits per heavy atom. The fourth-order valence-electron chi connectivity index (χ4n) is 2.75. The number of H-pyrrole nitrogens is 1. The van der Waals surface area contributed by atoms with E-state index in [1.54, 1.807) is 18.7 Å². The van der Waals surface area contributed by atoms with Gasteiger partial charge in [-0.3, -0.25) is 14.9 Å². The van der Waals surface area contributed by atoms with Gasteiger partial charge in [-0.15, -0.1) is 0 Å². The first-order valence-corrected chi connectivity index (χ1v) is 8.92. The summed E-state index contributed by atoms with van der Waals surface area (Å²) in [7, 11) is -3.62. The highest BCUT2D eigenvalue weighted by Crippen LogP contribution is 2.22. The standard InChI is InChI=1S/C14H18N6O3S/c1-10-13(11(2)18-17-10)24(22,23)20-7-5-19(6-8-20)14(21)12-9-15-3-4-16-12/h3-4,9H,5-8H2,1-2H3,(H,17,18). The summed E-state index contributed by atoms with van der Waals surface area (Å²) in [5.74, 6) is -0.240. The van der Waals surface area contributed by atoms with Gasteiger partial charge < -0.3 is 4.90 Å². The first-order chi connectivity index (χ1) is 11.4. The van der Waals surface area contributed by atoms with Crippen LogP contribution in [0.5, 0.6) is 0 Å². The van der Waals surface area contributed by atoms with Gasteiger partial charge in [-0.05, 0) is 13.8 Å². The molecule has 3 rings (SSSR count). The number of piperazine rings is 1. The van der Waals surface area contributed by atoms with Crippen LogP contribution in [-0.4, -0.2) is 69.9 Å². The number of amides is 1. The van der Waals surface area contributed by atoms with Crippen LogP contribution in [-0.2, 0) is 10.0 Å². The summed E-state index contributed by atoms with van der Waals surface area (Å²) in [4.78, 5) is 22.0. The lowest BCUT2D eigenvalue weighted by molar-refractivity contribution is 0.0691. The summed E-state index contributed by atoms with van der Waals surface area (Å²) < 4.78 is 26.9. The van der Waals surface area contributed by atoms with Crippen LogP contribution in [0, 0.1) is 13.8 Å². The van der Waals surface area contributed by atoms with E-state index in [1.165, 1.54) is 22.9 Å². The van der Waals surface area contributed by atoms with Crippen LogP contribution < -0.4 is 0 Å². The van der Waals surface area contributed by atoms with Gasteiger partial charge in [0.1, 0.15) is 10.6 Å². The van der Waals surface area contributed by atoms with Crippen LogP contribution in [0.2, 0.25) is 0 Å². The SMILES string of the molecule is Cc1n[nH]c(C)c1S(=O)(=O)N1CCN(C(=O)c2cnccn2)CC1. The van der Waals surface area contributed by atoms with Gasteiger partial charge in [-0.1, -0.05) is 0 Å². The average Bonchev–Trinajstić information content (AvgIpc) is 2.94. The van der Waals surface area contributed by atoms with Crippen LogP contribution in [0.1, 0.15) is 21.9 Å². The van der Waals surface area contributed by atoms with Crippen molar-refractivity contribution in [3.8, 4) is 0 Å². The number of aromatic amines is 1. The van der Waals surface area contributed by atoms with Gasteiger partial charge in [0.2, 0.25) is 10.0 Å². The third-order valence-corrected chi connectivity index (χ3v) is 6.13. The first kappa shape index (κ1) is 16.5. The largest absolute Gasteiger partial charge is 0.335 e. The lowest BCUT2D eigenvalue weighted by Gasteiger charge is -2.33. The number of nitrogens with one attached hydrogen (secondary N) is 1. The molecule has 1 saturated heterocycles. The number of nitrogens with zero attached hydrogens (tertiary/aromatic N) is 5. The monoisotopic (exact) mass is 350 g/mol. The van der Waals surface area contributed by atoms with E-state index in [9.17, 15) is 13.2 Å². The Hall–Kier alpha value is -2.33. The first-order valence-electron chi connectivity index (χ1n) is 7.48. The molecular weight excluding hydrogens is 332 g/mol. The quantitative estimate of drug-likeness (QED) is 0.831. The Kier molecular flexibility index (Phi) is 4.33. The maximum Gasteiger partial charge on any atom is 0.274 e. The van der Waals surface area contributed by atoms with Crippen LogP contribution in [0.4, 0.5) is 0 Å². The molecule has 1 aliphatic heterocycles. The highest BCUT2D eigenvalue weighted by molar-refractivity contribution is 7.89. The van der Waals surface area contributed by atoms with Gasteiger partial charge in [0.05, 0.1) is 17.6 Å². The van der Waals surface area contributed by atoms with Crippen molar-refractivity contribution in [2.24, 2.45) is 0 Å². The van der Waals surface area contributed by atoms with Gasteiger partial charge in [-0.2, -0.15) is 9.40 Å². The molecule has 2 aromatic heterocycles. The normalized spacial score (nSPS) is 16.3. The number of hydrogen-bond donors (Lipinski definition) is 1. The molecule has 1 N–H and O–H groups in total. The van der Waals surface area contributed by atoms with Gasteiger partial charge in [0.25, 0.3) is 5.91 Å². The zero-order valence-corrected chi connectivity index (χ0v) is 14.2. The minimum absolute atomic E-state index is 0.219. The van der Waals surface area contributed by atoms with Crippen molar-refractivity contribution in [1.82, 2.24) is 29.4 Å². The molecule has 3 heterocycles. The molecule has 1 aliphatic rings. The molecule has 0 spiro atoms. The molecule has 0 atom stereocenters. The third-order valence-electron chi connectivity index (χ3n) is 3.97. The lowest BCUT2D eigenvalue weighted by atomic mass is 10.3. The molecular formula is C14H18N6O3S. The van der Waals surface area contributed by atoms with E-state index >= 15 is 0 Å². The van der Waals surface area contributed by atoms with E-state index in [2.05, 4.69) is 20.2 Å². The van der Waals surface area contributed by atoms with E-state index in [4.69, 9.17) is 0 Å². The number of hydrogen-bond acceptors (Lipinski definition) is 6.